The lowest BCUT2D eigenvalue weighted by Crippen LogP contribution is -2.29. The number of benzene rings is 2. The quantitative estimate of drug-likeness (QED) is 0.508. The summed E-state index contributed by atoms with van der Waals surface area (Å²) in [5, 5.41) is 2.70. The summed E-state index contributed by atoms with van der Waals surface area (Å²) in [4.78, 5) is 24.5. The van der Waals surface area contributed by atoms with Crippen molar-refractivity contribution >= 4 is 23.6 Å². The molecule has 0 bridgehead atoms. The third-order valence-corrected chi connectivity index (χ3v) is 4.75. The van der Waals surface area contributed by atoms with Crippen LogP contribution in [0, 0.1) is 0 Å². The molecule has 0 aromatic heterocycles. The van der Waals surface area contributed by atoms with Crippen LogP contribution in [0.1, 0.15) is 31.9 Å². The first-order chi connectivity index (χ1) is 14.9. The summed E-state index contributed by atoms with van der Waals surface area (Å²) in [7, 11) is 1.57. The zero-order chi connectivity index (χ0) is 22.4. The summed E-state index contributed by atoms with van der Waals surface area (Å²) in [5.41, 5.74) is 2.37. The topological polar surface area (TPSA) is 83.1 Å². The first-order valence-electron chi connectivity index (χ1n) is 10.2. The van der Waals surface area contributed by atoms with E-state index in [2.05, 4.69) is 5.32 Å². The van der Waals surface area contributed by atoms with Crippen molar-refractivity contribution < 1.29 is 28.5 Å². The van der Waals surface area contributed by atoms with E-state index in [1.54, 1.807) is 37.5 Å². The van der Waals surface area contributed by atoms with E-state index in [0.29, 0.717) is 29.4 Å². The minimum Gasteiger partial charge on any atom is -0.497 e. The van der Waals surface area contributed by atoms with Gasteiger partial charge in [0.25, 0.3) is 5.91 Å². The van der Waals surface area contributed by atoms with Crippen LogP contribution in [0.15, 0.2) is 42.5 Å². The number of esters is 1. The fourth-order valence-corrected chi connectivity index (χ4v) is 3.21. The fraction of sp³-hybridized carbons (Fsp3) is 0.333. The van der Waals surface area contributed by atoms with Crippen LogP contribution in [0.3, 0.4) is 0 Å². The third-order valence-electron chi connectivity index (χ3n) is 4.75. The molecule has 164 valence electrons. The normalized spacial score (nSPS) is 15.7. The lowest BCUT2D eigenvalue weighted by Gasteiger charge is -2.13. The molecule has 7 heteroatoms. The third kappa shape index (κ3) is 5.78. The Labute approximate surface area is 181 Å². The highest BCUT2D eigenvalue weighted by Crippen LogP contribution is 2.35. The maximum atomic E-state index is 12.3. The van der Waals surface area contributed by atoms with E-state index in [1.165, 1.54) is 13.0 Å². The highest BCUT2D eigenvalue weighted by Gasteiger charge is 2.21. The summed E-state index contributed by atoms with van der Waals surface area (Å²) in [5.74, 6) is 1.08. The molecule has 7 nitrogen and oxygen atoms in total. The van der Waals surface area contributed by atoms with Crippen molar-refractivity contribution in [3.63, 3.8) is 0 Å². The molecule has 0 radical (unpaired) electrons. The summed E-state index contributed by atoms with van der Waals surface area (Å²) >= 11 is 0. The monoisotopic (exact) mass is 425 g/mol. The molecule has 31 heavy (non-hydrogen) atoms. The molecule has 1 N–H and O–H groups in total. The molecule has 0 saturated carbocycles. The maximum Gasteiger partial charge on any atom is 0.331 e. The molecule has 1 aliphatic rings. The van der Waals surface area contributed by atoms with Crippen molar-refractivity contribution in [3.05, 3.63) is 53.6 Å². The van der Waals surface area contributed by atoms with Gasteiger partial charge in [0.15, 0.2) is 6.10 Å². The van der Waals surface area contributed by atoms with Gasteiger partial charge in [0, 0.05) is 29.3 Å². The van der Waals surface area contributed by atoms with Crippen molar-refractivity contribution in [2.45, 2.75) is 39.4 Å². The molecule has 0 fully saturated rings. The van der Waals surface area contributed by atoms with Gasteiger partial charge in [-0.2, -0.15) is 0 Å². The van der Waals surface area contributed by atoms with Crippen molar-refractivity contribution in [1.29, 1.82) is 0 Å². The average Bonchev–Trinajstić information content (AvgIpc) is 3.11. The number of carbonyl (C=O) groups excluding carboxylic acids is 2. The van der Waals surface area contributed by atoms with Gasteiger partial charge in [-0.3, -0.25) is 4.79 Å². The molecule has 0 aliphatic carbocycles. The number of methoxy groups -OCH3 is 1. The lowest BCUT2D eigenvalue weighted by atomic mass is 10.1. The minimum absolute atomic E-state index is 0.110. The standard InChI is InChI=1S/C24H27NO6/c1-5-29-21-14-18-12-15(2)30-22(18)13-17(21)6-11-23(26)31-16(3)24(27)25-19-7-9-20(28-4)10-8-19/h6-11,13-16H,5,12H2,1-4H3,(H,25,27)/b11-6+/t15-,16+/m1/s1. The van der Waals surface area contributed by atoms with E-state index < -0.39 is 18.0 Å². The Kier molecular flexibility index (Phi) is 7.18. The molecular formula is C24H27NO6. The van der Waals surface area contributed by atoms with Crippen molar-refractivity contribution in [2.24, 2.45) is 0 Å². The van der Waals surface area contributed by atoms with Gasteiger partial charge in [0.05, 0.1) is 13.7 Å². The Balaban J connectivity index is 1.61. The van der Waals surface area contributed by atoms with Crippen LogP contribution in [0.25, 0.3) is 6.08 Å². The first kappa shape index (κ1) is 22.2. The molecule has 2 atom stereocenters. The predicted molar refractivity (Wildman–Crippen MR) is 118 cm³/mol. The maximum absolute atomic E-state index is 12.3. The number of amides is 1. The molecule has 1 aliphatic heterocycles. The average molecular weight is 425 g/mol. The van der Waals surface area contributed by atoms with Gasteiger partial charge < -0.3 is 24.3 Å². The molecule has 1 heterocycles. The van der Waals surface area contributed by atoms with Crippen LogP contribution in [-0.2, 0) is 20.7 Å². The van der Waals surface area contributed by atoms with Crippen LogP contribution in [-0.4, -0.2) is 37.8 Å². The molecule has 1 amide bonds. The summed E-state index contributed by atoms with van der Waals surface area (Å²) in [6, 6.07) is 10.7. The molecule has 0 spiro atoms. The van der Waals surface area contributed by atoms with Gasteiger partial charge in [-0.05, 0) is 63.2 Å². The number of hydrogen-bond donors (Lipinski definition) is 1. The second-order valence-electron chi connectivity index (χ2n) is 7.19. The Hall–Kier alpha value is -3.48. The Morgan fingerprint density at radius 3 is 2.68 bits per heavy atom. The minimum atomic E-state index is -0.963. The number of carbonyl (C=O) groups is 2. The van der Waals surface area contributed by atoms with Crippen LogP contribution in [0.2, 0.25) is 0 Å². The van der Waals surface area contributed by atoms with Gasteiger partial charge in [-0.1, -0.05) is 0 Å². The Morgan fingerprint density at radius 2 is 2.00 bits per heavy atom. The van der Waals surface area contributed by atoms with E-state index in [1.807, 2.05) is 26.0 Å². The first-order valence-corrected chi connectivity index (χ1v) is 10.2. The Morgan fingerprint density at radius 1 is 1.26 bits per heavy atom. The van der Waals surface area contributed by atoms with Crippen LogP contribution >= 0.6 is 0 Å². The number of fused-ring (bicyclic) bond motifs is 1. The number of hydrogen-bond acceptors (Lipinski definition) is 6. The second kappa shape index (κ2) is 10.0. The van der Waals surface area contributed by atoms with E-state index >= 15 is 0 Å². The molecule has 0 unspecified atom stereocenters. The highest BCUT2D eigenvalue weighted by molar-refractivity contribution is 5.96. The van der Waals surface area contributed by atoms with Gasteiger partial charge in [-0.15, -0.1) is 0 Å². The smallest absolute Gasteiger partial charge is 0.331 e. The number of rotatable bonds is 8. The SMILES string of the molecule is CCOc1cc2c(cc1/C=C/C(=O)O[C@@H](C)C(=O)Nc1ccc(OC)cc1)O[C@H](C)C2. The highest BCUT2D eigenvalue weighted by atomic mass is 16.5. The molecule has 3 rings (SSSR count). The molecule has 2 aromatic carbocycles. The zero-order valence-electron chi connectivity index (χ0n) is 18.1. The molecular weight excluding hydrogens is 398 g/mol. The second-order valence-corrected chi connectivity index (χ2v) is 7.19. The van der Waals surface area contributed by atoms with Crippen molar-refractivity contribution in [1.82, 2.24) is 0 Å². The predicted octanol–water partition coefficient (Wildman–Crippen LogP) is 4.00. The number of ether oxygens (including phenoxy) is 4. The summed E-state index contributed by atoms with van der Waals surface area (Å²) in [6.45, 7) is 5.92. The van der Waals surface area contributed by atoms with E-state index in [0.717, 1.165) is 17.7 Å². The van der Waals surface area contributed by atoms with Crippen molar-refractivity contribution in [3.8, 4) is 17.2 Å². The van der Waals surface area contributed by atoms with Gasteiger partial charge in [-0.25, -0.2) is 4.79 Å². The van der Waals surface area contributed by atoms with Crippen LogP contribution in [0.5, 0.6) is 17.2 Å². The Bertz CT molecular complexity index is 967. The fourth-order valence-electron chi connectivity index (χ4n) is 3.21. The van der Waals surface area contributed by atoms with Gasteiger partial charge in [0.1, 0.15) is 23.4 Å². The summed E-state index contributed by atoms with van der Waals surface area (Å²) < 4.78 is 21.8. The number of anilines is 1. The van der Waals surface area contributed by atoms with E-state index in [9.17, 15) is 9.59 Å². The van der Waals surface area contributed by atoms with Gasteiger partial charge in [0.2, 0.25) is 0 Å². The largest absolute Gasteiger partial charge is 0.497 e. The summed E-state index contributed by atoms with van der Waals surface area (Å²) in [6.07, 6.45) is 2.85. The van der Waals surface area contributed by atoms with Gasteiger partial charge >= 0.3 is 5.97 Å². The molecule has 2 aromatic rings. The van der Waals surface area contributed by atoms with Crippen molar-refractivity contribution in [2.75, 3.05) is 19.0 Å². The van der Waals surface area contributed by atoms with Crippen LogP contribution < -0.4 is 19.5 Å². The van der Waals surface area contributed by atoms with E-state index in [-0.39, 0.29) is 6.10 Å². The lowest BCUT2D eigenvalue weighted by molar-refractivity contribution is -0.148. The van der Waals surface area contributed by atoms with Crippen LogP contribution in [0.4, 0.5) is 5.69 Å². The van der Waals surface area contributed by atoms with E-state index in [4.69, 9.17) is 18.9 Å². The number of nitrogens with one attached hydrogen (secondary N) is 1. The molecule has 0 saturated heterocycles. The zero-order valence-corrected chi connectivity index (χ0v) is 18.1.